The van der Waals surface area contributed by atoms with Gasteiger partial charge in [-0.05, 0) is 36.5 Å². The molecule has 4 heteroatoms. The Morgan fingerprint density at radius 2 is 1.89 bits per heavy atom. The first-order valence-electron chi connectivity index (χ1n) is 6.57. The highest BCUT2D eigenvalue weighted by Gasteiger charge is 2.26. The Balaban J connectivity index is 2.84. The third-order valence-electron chi connectivity index (χ3n) is 3.34. The fraction of sp³-hybridized carbons (Fsp3) is 0.600. The maximum atomic E-state index is 9.19. The van der Waals surface area contributed by atoms with Crippen LogP contribution < -0.4 is 5.32 Å². The first-order valence-corrected chi connectivity index (χ1v) is 7.33. The molecule has 19 heavy (non-hydrogen) atoms. The number of hydrogen-bond donors (Lipinski definition) is 2. The summed E-state index contributed by atoms with van der Waals surface area (Å²) in [5, 5.41) is 14.1. The Morgan fingerprint density at radius 3 is 2.37 bits per heavy atom. The maximum Gasteiger partial charge on any atom is 0.0468 e. The van der Waals surface area contributed by atoms with Crippen molar-refractivity contribution in [2.75, 3.05) is 6.61 Å². The molecule has 1 rings (SSSR count). The van der Waals surface area contributed by atoms with Gasteiger partial charge in [0.25, 0.3) is 0 Å². The predicted octanol–water partition coefficient (Wildman–Crippen LogP) is 4.44. The topological polar surface area (TPSA) is 32.3 Å². The molecule has 0 radical (unpaired) electrons. The molecule has 0 saturated carbocycles. The Morgan fingerprint density at radius 1 is 1.26 bits per heavy atom. The van der Waals surface area contributed by atoms with Crippen LogP contribution in [0.1, 0.15) is 45.7 Å². The zero-order chi connectivity index (χ0) is 14.6. The zero-order valence-corrected chi connectivity index (χ0v) is 13.5. The van der Waals surface area contributed by atoms with Gasteiger partial charge in [0, 0.05) is 28.7 Å². The monoisotopic (exact) mass is 303 g/mol. The van der Waals surface area contributed by atoms with Crippen LogP contribution in [0, 0.1) is 5.41 Å². The quantitative estimate of drug-likeness (QED) is 0.843. The van der Waals surface area contributed by atoms with Crippen LogP contribution in [0.3, 0.4) is 0 Å². The lowest BCUT2D eigenvalue weighted by Crippen LogP contribution is -2.42. The van der Waals surface area contributed by atoms with Gasteiger partial charge in [0.15, 0.2) is 0 Å². The van der Waals surface area contributed by atoms with Gasteiger partial charge in [-0.25, -0.2) is 0 Å². The minimum Gasteiger partial charge on any atom is -0.396 e. The van der Waals surface area contributed by atoms with E-state index in [1.165, 1.54) is 0 Å². The van der Waals surface area contributed by atoms with E-state index in [0.29, 0.717) is 10.0 Å². The van der Waals surface area contributed by atoms with Crippen LogP contribution in [-0.4, -0.2) is 17.8 Å². The molecule has 1 aromatic rings. The number of benzene rings is 1. The summed E-state index contributed by atoms with van der Waals surface area (Å²) in [6, 6.07) is 5.88. The normalized spacial score (nSPS) is 15.3. The van der Waals surface area contributed by atoms with Crippen LogP contribution in [0.5, 0.6) is 0 Å². The molecule has 1 aromatic carbocycles. The van der Waals surface area contributed by atoms with E-state index in [-0.39, 0.29) is 24.1 Å². The van der Waals surface area contributed by atoms with Crippen LogP contribution in [0.15, 0.2) is 18.2 Å². The second-order valence-corrected chi connectivity index (χ2v) is 6.83. The fourth-order valence-corrected chi connectivity index (χ4v) is 2.71. The van der Waals surface area contributed by atoms with Crippen molar-refractivity contribution < 1.29 is 5.11 Å². The number of aliphatic hydroxyl groups excluding tert-OH is 1. The Labute approximate surface area is 126 Å². The summed E-state index contributed by atoms with van der Waals surface area (Å²) < 4.78 is 0. The Hall–Kier alpha value is -0.280. The van der Waals surface area contributed by atoms with Gasteiger partial charge in [-0.15, -0.1) is 0 Å². The van der Waals surface area contributed by atoms with Crippen LogP contribution in [-0.2, 0) is 0 Å². The number of halogens is 2. The summed E-state index contributed by atoms with van der Waals surface area (Å²) in [6.07, 6.45) is 0.721. The van der Waals surface area contributed by atoms with Gasteiger partial charge in [-0.2, -0.15) is 0 Å². The molecule has 2 N–H and O–H groups in total. The van der Waals surface area contributed by atoms with Crippen LogP contribution in [0.2, 0.25) is 10.0 Å². The lowest BCUT2D eigenvalue weighted by Gasteiger charge is -2.34. The van der Waals surface area contributed by atoms with Crippen molar-refractivity contribution in [3.8, 4) is 0 Å². The van der Waals surface area contributed by atoms with Crippen molar-refractivity contribution in [1.82, 2.24) is 5.32 Å². The zero-order valence-electron chi connectivity index (χ0n) is 12.0. The van der Waals surface area contributed by atoms with E-state index in [1.807, 2.05) is 12.1 Å². The van der Waals surface area contributed by atoms with E-state index in [0.717, 1.165) is 12.0 Å². The summed E-state index contributed by atoms with van der Waals surface area (Å²) in [5.41, 5.74) is 1.11. The molecular weight excluding hydrogens is 281 g/mol. The highest BCUT2D eigenvalue weighted by Crippen LogP contribution is 2.29. The smallest absolute Gasteiger partial charge is 0.0468 e. The van der Waals surface area contributed by atoms with Crippen LogP contribution >= 0.6 is 23.2 Å². The number of rotatable bonds is 5. The average Bonchev–Trinajstić information content (AvgIpc) is 2.26. The van der Waals surface area contributed by atoms with Crippen molar-refractivity contribution in [1.29, 1.82) is 0 Å². The van der Waals surface area contributed by atoms with Gasteiger partial charge in [-0.1, -0.05) is 50.0 Å². The summed E-state index contributed by atoms with van der Waals surface area (Å²) in [6.45, 7) is 8.74. The molecule has 2 nitrogen and oxygen atoms in total. The molecule has 0 saturated heterocycles. The number of nitrogens with one attached hydrogen (secondary N) is 1. The van der Waals surface area contributed by atoms with Crippen LogP contribution in [0.25, 0.3) is 0 Å². The first-order chi connectivity index (χ1) is 8.75. The SMILES string of the molecule is CC(NC(CCO)C(C)(C)C)c1ccc(Cl)cc1Cl. The molecule has 0 fully saturated rings. The van der Waals surface area contributed by atoms with Crippen molar-refractivity contribution >= 4 is 23.2 Å². The van der Waals surface area contributed by atoms with E-state index in [9.17, 15) is 5.11 Å². The third kappa shape index (κ3) is 4.96. The molecule has 2 unspecified atom stereocenters. The van der Waals surface area contributed by atoms with Gasteiger partial charge in [0.05, 0.1) is 0 Å². The Kier molecular flexibility index (Phi) is 6.13. The van der Waals surface area contributed by atoms with Crippen LogP contribution in [0.4, 0.5) is 0 Å². The lowest BCUT2D eigenvalue weighted by atomic mass is 9.84. The highest BCUT2D eigenvalue weighted by molar-refractivity contribution is 6.35. The van der Waals surface area contributed by atoms with Gasteiger partial charge in [-0.3, -0.25) is 0 Å². The summed E-state index contributed by atoms with van der Waals surface area (Å²) in [5.74, 6) is 0. The van der Waals surface area contributed by atoms with E-state index >= 15 is 0 Å². The molecule has 0 heterocycles. The summed E-state index contributed by atoms with van der Waals surface area (Å²) in [7, 11) is 0. The molecule has 0 aliphatic heterocycles. The minimum absolute atomic E-state index is 0.0793. The lowest BCUT2D eigenvalue weighted by molar-refractivity contribution is 0.188. The van der Waals surface area contributed by atoms with Gasteiger partial charge in [0.1, 0.15) is 0 Å². The van der Waals surface area contributed by atoms with Gasteiger partial charge < -0.3 is 10.4 Å². The molecule has 0 amide bonds. The third-order valence-corrected chi connectivity index (χ3v) is 3.91. The molecule has 0 spiro atoms. The molecule has 0 aliphatic carbocycles. The Bertz CT molecular complexity index is 415. The summed E-state index contributed by atoms with van der Waals surface area (Å²) in [4.78, 5) is 0. The fourth-order valence-electron chi connectivity index (χ4n) is 2.14. The van der Waals surface area contributed by atoms with Crippen molar-refractivity contribution in [2.45, 2.75) is 46.2 Å². The number of hydrogen-bond acceptors (Lipinski definition) is 2. The standard InChI is InChI=1S/C15H23Cl2NO/c1-10(12-6-5-11(16)9-13(12)17)18-14(7-8-19)15(2,3)4/h5-6,9-10,14,18-19H,7-8H2,1-4H3. The predicted molar refractivity (Wildman–Crippen MR) is 83.0 cm³/mol. The molecular formula is C15H23Cl2NO. The van der Waals surface area contributed by atoms with E-state index in [4.69, 9.17) is 23.2 Å². The van der Waals surface area contributed by atoms with E-state index in [2.05, 4.69) is 33.0 Å². The van der Waals surface area contributed by atoms with Crippen molar-refractivity contribution in [3.05, 3.63) is 33.8 Å². The number of aliphatic hydroxyl groups is 1. The molecule has 0 aliphatic rings. The van der Waals surface area contributed by atoms with Crippen molar-refractivity contribution in [3.63, 3.8) is 0 Å². The molecule has 0 aromatic heterocycles. The molecule has 108 valence electrons. The maximum absolute atomic E-state index is 9.19. The second kappa shape index (κ2) is 6.94. The van der Waals surface area contributed by atoms with E-state index < -0.39 is 0 Å². The van der Waals surface area contributed by atoms with Gasteiger partial charge >= 0.3 is 0 Å². The highest BCUT2D eigenvalue weighted by atomic mass is 35.5. The largest absolute Gasteiger partial charge is 0.396 e. The second-order valence-electron chi connectivity index (χ2n) is 5.99. The van der Waals surface area contributed by atoms with E-state index in [1.54, 1.807) is 6.07 Å². The molecule has 0 bridgehead atoms. The average molecular weight is 304 g/mol. The minimum atomic E-state index is 0.0793. The van der Waals surface area contributed by atoms with Gasteiger partial charge in [0.2, 0.25) is 0 Å². The van der Waals surface area contributed by atoms with Crippen molar-refractivity contribution in [2.24, 2.45) is 5.41 Å². The first kappa shape index (κ1) is 16.8. The molecule has 2 atom stereocenters. The summed E-state index contributed by atoms with van der Waals surface area (Å²) >= 11 is 12.1.